The number of hydrogen-bond acceptors (Lipinski definition) is 3. The van der Waals surface area contributed by atoms with Crippen LogP contribution in [0.15, 0.2) is 22.7 Å². The van der Waals surface area contributed by atoms with E-state index in [4.69, 9.17) is 10.5 Å². The Labute approximate surface area is 95.9 Å². The summed E-state index contributed by atoms with van der Waals surface area (Å²) in [6.07, 6.45) is 0.0603. The van der Waals surface area contributed by atoms with Gasteiger partial charge < -0.3 is 15.8 Å². The fourth-order valence-electron chi connectivity index (χ4n) is 1.46. The van der Waals surface area contributed by atoms with Crippen LogP contribution in [0.25, 0.3) is 0 Å². The lowest BCUT2D eigenvalue weighted by Crippen LogP contribution is -2.38. The van der Waals surface area contributed by atoms with E-state index in [2.05, 4.69) is 21.2 Å². The number of hydrogen-bond donors (Lipinski definition) is 2. The number of carbonyl (C=O) groups is 1. The second-order valence-electron chi connectivity index (χ2n) is 3.31. The van der Waals surface area contributed by atoms with Crippen LogP contribution in [0, 0.1) is 0 Å². The molecule has 0 saturated carbocycles. The van der Waals surface area contributed by atoms with Crippen molar-refractivity contribution in [1.82, 2.24) is 0 Å². The maximum absolute atomic E-state index is 11.6. The molecule has 1 unspecified atom stereocenters. The standard InChI is InChI=1S/C10H11BrN2O2/c11-6-1-2-8-7(5-6)13-10(14)9(15-8)3-4-12/h1-2,5,9H,3-4,12H2,(H,13,14). The van der Waals surface area contributed by atoms with Gasteiger partial charge >= 0.3 is 0 Å². The van der Waals surface area contributed by atoms with Gasteiger partial charge in [0.05, 0.1) is 5.69 Å². The molecule has 1 aromatic rings. The Morgan fingerprint density at radius 1 is 1.53 bits per heavy atom. The lowest BCUT2D eigenvalue weighted by Gasteiger charge is -2.25. The molecule has 2 rings (SSSR count). The number of nitrogens with one attached hydrogen (secondary N) is 1. The lowest BCUT2D eigenvalue weighted by molar-refractivity contribution is -0.123. The SMILES string of the molecule is NCCC1Oc2ccc(Br)cc2NC1=O. The average Bonchev–Trinajstić information content (AvgIpc) is 2.20. The maximum Gasteiger partial charge on any atom is 0.265 e. The van der Waals surface area contributed by atoms with Gasteiger partial charge in [-0.3, -0.25) is 4.79 Å². The normalized spacial score (nSPS) is 19.1. The molecule has 0 spiro atoms. The minimum absolute atomic E-state index is 0.133. The Morgan fingerprint density at radius 2 is 2.33 bits per heavy atom. The predicted molar refractivity (Wildman–Crippen MR) is 60.9 cm³/mol. The number of amides is 1. The number of carbonyl (C=O) groups excluding carboxylic acids is 1. The molecule has 4 nitrogen and oxygen atoms in total. The summed E-state index contributed by atoms with van der Waals surface area (Å²) >= 11 is 3.33. The Kier molecular flexibility index (Phi) is 2.93. The van der Waals surface area contributed by atoms with E-state index in [1.54, 1.807) is 0 Å². The van der Waals surface area contributed by atoms with Crippen molar-refractivity contribution in [2.75, 3.05) is 11.9 Å². The van der Waals surface area contributed by atoms with E-state index in [0.29, 0.717) is 24.4 Å². The van der Waals surface area contributed by atoms with Gasteiger partial charge in [0.25, 0.3) is 5.91 Å². The molecule has 1 aromatic carbocycles. The molecule has 1 aliphatic heterocycles. The fraction of sp³-hybridized carbons (Fsp3) is 0.300. The van der Waals surface area contributed by atoms with Crippen molar-refractivity contribution in [3.05, 3.63) is 22.7 Å². The van der Waals surface area contributed by atoms with Gasteiger partial charge in [0.1, 0.15) is 5.75 Å². The van der Waals surface area contributed by atoms with Gasteiger partial charge in [-0.25, -0.2) is 0 Å². The molecular formula is C10H11BrN2O2. The van der Waals surface area contributed by atoms with Crippen LogP contribution in [0.4, 0.5) is 5.69 Å². The van der Waals surface area contributed by atoms with Gasteiger partial charge in [0.2, 0.25) is 0 Å². The first-order chi connectivity index (χ1) is 7.20. The summed E-state index contributed by atoms with van der Waals surface area (Å²) in [6.45, 7) is 0.434. The zero-order valence-corrected chi connectivity index (χ0v) is 9.58. The largest absolute Gasteiger partial charge is 0.478 e. The smallest absolute Gasteiger partial charge is 0.265 e. The van der Waals surface area contributed by atoms with Crippen LogP contribution in [-0.4, -0.2) is 18.6 Å². The third-order valence-electron chi connectivity index (χ3n) is 2.19. The number of anilines is 1. The Hall–Kier alpha value is -1.07. The molecule has 1 amide bonds. The summed E-state index contributed by atoms with van der Waals surface area (Å²) in [5.74, 6) is 0.558. The molecule has 1 heterocycles. The molecular weight excluding hydrogens is 260 g/mol. The van der Waals surface area contributed by atoms with E-state index in [-0.39, 0.29) is 5.91 Å². The highest BCUT2D eigenvalue weighted by Crippen LogP contribution is 2.32. The van der Waals surface area contributed by atoms with Crippen LogP contribution in [0.2, 0.25) is 0 Å². The molecule has 1 atom stereocenters. The zero-order valence-electron chi connectivity index (χ0n) is 8.00. The first kappa shape index (κ1) is 10.4. The first-order valence-electron chi connectivity index (χ1n) is 4.68. The predicted octanol–water partition coefficient (Wildman–Crippen LogP) is 1.50. The van der Waals surface area contributed by atoms with Crippen LogP contribution in [0.3, 0.4) is 0 Å². The Morgan fingerprint density at radius 3 is 3.07 bits per heavy atom. The number of nitrogens with two attached hydrogens (primary N) is 1. The minimum Gasteiger partial charge on any atom is -0.478 e. The van der Waals surface area contributed by atoms with Gasteiger partial charge in [-0.2, -0.15) is 0 Å². The molecule has 0 aliphatic carbocycles. The van der Waals surface area contributed by atoms with Crippen LogP contribution >= 0.6 is 15.9 Å². The van der Waals surface area contributed by atoms with E-state index in [9.17, 15) is 4.79 Å². The molecule has 15 heavy (non-hydrogen) atoms. The van der Waals surface area contributed by atoms with Crippen molar-refractivity contribution >= 4 is 27.5 Å². The maximum atomic E-state index is 11.6. The van der Waals surface area contributed by atoms with Gasteiger partial charge in [-0.1, -0.05) is 15.9 Å². The molecule has 0 saturated heterocycles. The Bertz CT molecular complexity index is 395. The van der Waals surface area contributed by atoms with Crippen LogP contribution in [0.1, 0.15) is 6.42 Å². The van der Waals surface area contributed by atoms with E-state index in [0.717, 1.165) is 4.47 Å². The third kappa shape index (κ3) is 2.13. The number of halogens is 1. The van der Waals surface area contributed by atoms with Crippen LogP contribution in [-0.2, 0) is 4.79 Å². The summed E-state index contributed by atoms with van der Waals surface area (Å²) in [7, 11) is 0. The van der Waals surface area contributed by atoms with Crippen LogP contribution in [0.5, 0.6) is 5.75 Å². The molecule has 0 aromatic heterocycles. The van der Waals surface area contributed by atoms with E-state index < -0.39 is 6.10 Å². The van der Waals surface area contributed by atoms with E-state index in [1.165, 1.54) is 0 Å². The molecule has 5 heteroatoms. The Balaban J connectivity index is 2.26. The van der Waals surface area contributed by atoms with Crippen molar-refractivity contribution in [3.8, 4) is 5.75 Å². The molecule has 0 fully saturated rings. The summed E-state index contributed by atoms with van der Waals surface area (Å²) in [5, 5.41) is 2.79. The van der Waals surface area contributed by atoms with Gasteiger partial charge in [-0.15, -0.1) is 0 Å². The second kappa shape index (κ2) is 4.20. The molecule has 3 N–H and O–H groups in total. The van der Waals surface area contributed by atoms with Crippen LogP contribution < -0.4 is 15.8 Å². The highest BCUT2D eigenvalue weighted by molar-refractivity contribution is 9.10. The van der Waals surface area contributed by atoms with Crippen molar-refractivity contribution in [1.29, 1.82) is 0 Å². The summed E-state index contributed by atoms with van der Waals surface area (Å²) < 4.78 is 6.43. The average molecular weight is 271 g/mol. The van der Waals surface area contributed by atoms with Gasteiger partial charge in [0.15, 0.2) is 6.10 Å². The monoisotopic (exact) mass is 270 g/mol. The molecule has 0 radical (unpaired) electrons. The summed E-state index contributed by atoms with van der Waals surface area (Å²) in [6, 6.07) is 5.50. The second-order valence-corrected chi connectivity index (χ2v) is 4.23. The van der Waals surface area contributed by atoms with Gasteiger partial charge in [0, 0.05) is 10.9 Å². The highest BCUT2D eigenvalue weighted by Gasteiger charge is 2.26. The van der Waals surface area contributed by atoms with E-state index >= 15 is 0 Å². The third-order valence-corrected chi connectivity index (χ3v) is 2.68. The van der Waals surface area contributed by atoms with Crippen molar-refractivity contribution in [2.24, 2.45) is 5.73 Å². The number of rotatable bonds is 2. The molecule has 1 aliphatic rings. The number of fused-ring (bicyclic) bond motifs is 1. The minimum atomic E-state index is -0.469. The number of ether oxygens (including phenoxy) is 1. The first-order valence-corrected chi connectivity index (χ1v) is 5.47. The lowest BCUT2D eigenvalue weighted by atomic mass is 10.2. The number of benzene rings is 1. The van der Waals surface area contributed by atoms with Crippen molar-refractivity contribution < 1.29 is 9.53 Å². The van der Waals surface area contributed by atoms with Crippen molar-refractivity contribution in [3.63, 3.8) is 0 Å². The van der Waals surface area contributed by atoms with Crippen molar-refractivity contribution in [2.45, 2.75) is 12.5 Å². The molecule has 80 valence electrons. The van der Waals surface area contributed by atoms with Gasteiger partial charge in [-0.05, 0) is 24.7 Å². The molecule has 0 bridgehead atoms. The van der Waals surface area contributed by atoms with E-state index in [1.807, 2.05) is 18.2 Å². The fourth-order valence-corrected chi connectivity index (χ4v) is 1.83. The highest BCUT2D eigenvalue weighted by atomic mass is 79.9. The zero-order chi connectivity index (χ0) is 10.8. The summed E-state index contributed by atoms with van der Waals surface area (Å²) in [5.41, 5.74) is 6.10. The quantitative estimate of drug-likeness (QED) is 0.856. The topological polar surface area (TPSA) is 64.3 Å². The summed E-state index contributed by atoms with van der Waals surface area (Å²) in [4.78, 5) is 11.6.